The molecule has 1 aromatic rings. The van der Waals surface area contributed by atoms with Gasteiger partial charge in [-0.05, 0) is 30.7 Å². The molecule has 1 N–H and O–H groups in total. The van der Waals surface area contributed by atoms with E-state index in [1.165, 1.54) is 13.0 Å². The van der Waals surface area contributed by atoms with Gasteiger partial charge in [0.2, 0.25) is 0 Å². The van der Waals surface area contributed by atoms with E-state index in [1.54, 1.807) is 6.07 Å². The number of hydrogen-bond donors (Lipinski definition) is 1. The maximum atomic E-state index is 13.2. The first-order valence-corrected chi connectivity index (χ1v) is 5.92. The van der Waals surface area contributed by atoms with E-state index < -0.39 is 11.6 Å². The van der Waals surface area contributed by atoms with Crippen LogP contribution in [-0.4, -0.2) is 18.6 Å². The zero-order chi connectivity index (χ0) is 13.1. The number of piperidine rings is 1. The number of carbonyl (C=O) groups is 1. The van der Waals surface area contributed by atoms with Crippen molar-refractivity contribution in [3.63, 3.8) is 0 Å². The predicted octanol–water partition coefficient (Wildman–Crippen LogP) is 2.74. The highest BCUT2D eigenvalue weighted by Gasteiger charge is 2.25. The third-order valence-corrected chi connectivity index (χ3v) is 3.03. The first-order valence-electron chi connectivity index (χ1n) is 5.92. The third kappa shape index (κ3) is 4.14. The normalized spacial score (nSPS) is 22.5. The molecule has 1 heterocycles. The zero-order valence-corrected chi connectivity index (χ0v) is 11.3. The summed E-state index contributed by atoms with van der Waals surface area (Å²) in [6.07, 6.45) is 1.14. The van der Waals surface area contributed by atoms with Gasteiger partial charge in [-0.15, -0.1) is 12.4 Å². The van der Waals surface area contributed by atoms with E-state index in [2.05, 4.69) is 5.32 Å². The van der Waals surface area contributed by atoms with Crippen LogP contribution in [0.4, 0.5) is 8.78 Å². The standard InChI is InChI=1S/C13H15F2NO2.ClH/c1-8(17)18-10-4-5-16-13(7-10)9-2-3-11(14)12(15)6-9;/h2-3,6,10,13,16H,4-5,7H2,1H3;1H. The molecule has 3 nitrogen and oxygen atoms in total. The van der Waals surface area contributed by atoms with Crippen molar-refractivity contribution < 1.29 is 18.3 Å². The minimum Gasteiger partial charge on any atom is -0.462 e. The molecular weight excluding hydrogens is 276 g/mol. The SMILES string of the molecule is CC(=O)OC1CCNC(c2ccc(F)c(F)c2)C1.Cl. The Kier molecular flexibility index (Phi) is 5.69. The fourth-order valence-electron chi connectivity index (χ4n) is 2.21. The van der Waals surface area contributed by atoms with Gasteiger partial charge in [0.05, 0.1) is 0 Å². The molecule has 1 saturated heterocycles. The number of ether oxygens (including phenoxy) is 1. The summed E-state index contributed by atoms with van der Waals surface area (Å²) in [7, 11) is 0. The molecule has 106 valence electrons. The highest BCUT2D eigenvalue weighted by Crippen LogP contribution is 2.26. The van der Waals surface area contributed by atoms with Crippen LogP contribution in [0.1, 0.15) is 31.4 Å². The summed E-state index contributed by atoms with van der Waals surface area (Å²) in [5.74, 6) is -2.03. The van der Waals surface area contributed by atoms with E-state index in [0.717, 1.165) is 12.5 Å². The Morgan fingerprint density at radius 2 is 2.11 bits per heavy atom. The second-order valence-electron chi connectivity index (χ2n) is 4.44. The smallest absolute Gasteiger partial charge is 0.302 e. The summed E-state index contributed by atoms with van der Waals surface area (Å²) in [4.78, 5) is 10.9. The molecule has 0 aromatic heterocycles. The van der Waals surface area contributed by atoms with Gasteiger partial charge in [0.25, 0.3) is 0 Å². The van der Waals surface area contributed by atoms with Gasteiger partial charge in [0.15, 0.2) is 11.6 Å². The molecule has 0 saturated carbocycles. The lowest BCUT2D eigenvalue weighted by Gasteiger charge is -2.30. The molecule has 1 aliphatic rings. The summed E-state index contributed by atoms with van der Waals surface area (Å²) in [5.41, 5.74) is 0.672. The van der Waals surface area contributed by atoms with Gasteiger partial charge in [0, 0.05) is 19.4 Å². The second kappa shape index (κ2) is 6.82. The molecule has 0 bridgehead atoms. The van der Waals surface area contributed by atoms with Crippen molar-refractivity contribution in [3.05, 3.63) is 35.4 Å². The molecular formula is C13H16ClF2NO2. The Bertz CT molecular complexity index is 456. The number of nitrogens with one attached hydrogen (secondary N) is 1. The van der Waals surface area contributed by atoms with Crippen molar-refractivity contribution in [2.75, 3.05) is 6.54 Å². The van der Waals surface area contributed by atoms with E-state index in [9.17, 15) is 13.6 Å². The van der Waals surface area contributed by atoms with Crippen molar-refractivity contribution >= 4 is 18.4 Å². The fourth-order valence-corrected chi connectivity index (χ4v) is 2.21. The zero-order valence-electron chi connectivity index (χ0n) is 10.5. The molecule has 2 unspecified atom stereocenters. The second-order valence-corrected chi connectivity index (χ2v) is 4.44. The topological polar surface area (TPSA) is 38.3 Å². The summed E-state index contributed by atoms with van der Waals surface area (Å²) < 4.78 is 31.2. The van der Waals surface area contributed by atoms with Gasteiger partial charge < -0.3 is 10.1 Å². The molecule has 0 spiro atoms. The number of carbonyl (C=O) groups excluding carboxylic acids is 1. The van der Waals surface area contributed by atoms with Crippen molar-refractivity contribution in [2.24, 2.45) is 0 Å². The molecule has 2 rings (SSSR count). The van der Waals surface area contributed by atoms with Crippen LogP contribution in [0.5, 0.6) is 0 Å². The minimum absolute atomic E-state index is 0. The number of halogens is 3. The van der Waals surface area contributed by atoms with E-state index in [4.69, 9.17) is 4.74 Å². The van der Waals surface area contributed by atoms with Crippen molar-refractivity contribution in [1.29, 1.82) is 0 Å². The number of hydrogen-bond acceptors (Lipinski definition) is 3. The van der Waals surface area contributed by atoms with Gasteiger partial charge in [-0.1, -0.05) is 6.07 Å². The van der Waals surface area contributed by atoms with Crippen molar-refractivity contribution in [3.8, 4) is 0 Å². The van der Waals surface area contributed by atoms with E-state index in [1.807, 2.05) is 0 Å². The lowest BCUT2D eigenvalue weighted by Crippen LogP contribution is -2.36. The van der Waals surface area contributed by atoms with E-state index in [0.29, 0.717) is 18.5 Å². The summed E-state index contributed by atoms with van der Waals surface area (Å²) in [5, 5.41) is 3.20. The minimum atomic E-state index is -0.857. The molecule has 1 fully saturated rings. The molecule has 1 aliphatic heterocycles. The van der Waals surface area contributed by atoms with E-state index >= 15 is 0 Å². The molecule has 0 radical (unpaired) electrons. The van der Waals surface area contributed by atoms with Crippen LogP contribution in [-0.2, 0) is 9.53 Å². The predicted molar refractivity (Wildman–Crippen MR) is 69.1 cm³/mol. The third-order valence-electron chi connectivity index (χ3n) is 3.03. The first kappa shape index (κ1) is 15.9. The maximum absolute atomic E-state index is 13.2. The fraction of sp³-hybridized carbons (Fsp3) is 0.462. The largest absolute Gasteiger partial charge is 0.462 e. The van der Waals surface area contributed by atoms with Crippen LogP contribution in [0.3, 0.4) is 0 Å². The van der Waals surface area contributed by atoms with Gasteiger partial charge in [-0.3, -0.25) is 4.79 Å². The molecule has 0 amide bonds. The average Bonchev–Trinajstić information content (AvgIpc) is 2.32. The van der Waals surface area contributed by atoms with Crippen molar-refractivity contribution in [2.45, 2.75) is 31.9 Å². The first-order chi connectivity index (χ1) is 8.56. The number of benzene rings is 1. The van der Waals surface area contributed by atoms with Crippen LogP contribution in [0.2, 0.25) is 0 Å². The van der Waals surface area contributed by atoms with Crippen LogP contribution in [0, 0.1) is 11.6 Å². The Hall–Kier alpha value is -1.20. The quantitative estimate of drug-likeness (QED) is 0.852. The Balaban J connectivity index is 0.00000180. The lowest BCUT2D eigenvalue weighted by atomic mass is 9.95. The Morgan fingerprint density at radius 3 is 2.74 bits per heavy atom. The van der Waals surface area contributed by atoms with Gasteiger partial charge in [-0.2, -0.15) is 0 Å². The highest BCUT2D eigenvalue weighted by atomic mass is 35.5. The summed E-state index contributed by atoms with van der Waals surface area (Å²) in [6.45, 7) is 2.05. The van der Waals surface area contributed by atoms with Crippen molar-refractivity contribution in [1.82, 2.24) is 5.32 Å². The Labute approximate surface area is 116 Å². The highest BCUT2D eigenvalue weighted by molar-refractivity contribution is 5.85. The average molecular weight is 292 g/mol. The number of rotatable bonds is 2. The molecule has 6 heteroatoms. The van der Waals surface area contributed by atoms with Crippen LogP contribution >= 0.6 is 12.4 Å². The summed E-state index contributed by atoms with van der Waals surface area (Å²) >= 11 is 0. The molecule has 2 atom stereocenters. The molecule has 1 aromatic carbocycles. The number of esters is 1. The molecule has 0 aliphatic carbocycles. The molecule has 19 heavy (non-hydrogen) atoms. The van der Waals surface area contributed by atoms with Crippen LogP contribution < -0.4 is 5.32 Å². The summed E-state index contributed by atoms with van der Waals surface area (Å²) in [6, 6.07) is 3.73. The van der Waals surface area contributed by atoms with Crippen LogP contribution in [0.25, 0.3) is 0 Å². The van der Waals surface area contributed by atoms with Gasteiger partial charge >= 0.3 is 5.97 Å². The van der Waals surface area contributed by atoms with E-state index in [-0.39, 0.29) is 30.5 Å². The van der Waals surface area contributed by atoms with Gasteiger partial charge in [0.1, 0.15) is 6.10 Å². The monoisotopic (exact) mass is 291 g/mol. The van der Waals surface area contributed by atoms with Gasteiger partial charge in [-0.25, -0.2) is 8.78 Å². The maximum Gasteiger partial charge on any atom is 0.302 e. The Morgan fingerprint density at radius 1 is 1.37 bits per heavy atom. The lowest BCUT2D eigenvalue weighted by molar-refractivity contribution is -0.147. The van der Waals surface area contributed by atoms with Crippen LogP contribution in [0.15, 0.2) is 18.2 Å².